The molecule has 0 atom stereocenters. The van der Waals surface area contributed by atoms with Crippen molar-refractivity contribution >= 4 is 50.6 Å². The van der Waals surface area contributed by atoms with E-state index < -0.39 is 5.82 Å². The van der Waals surface area contributed by atoms with Gasteiger partial charge in [-0.3, -0.25) is 0 Å². The van der Waals surface area contributed by atoms with Gasteiger partial charge in [0.25, 0.3) is 0 Å². The van der Waals surface area contributed by atoms with Gasteiger partial charge in [0, 0.05) is 15.7 Å². The van der Waals surface area contributed by atoms with Gasteiger partial charge in [-0.1, -0.05) is 23.2 Å². The Hall–Kier alpha value is -0.840. The number of nitrogens with zero attached hydrogens (tertiary/aromatic N) is 1. The molecule has 0 saturated heterocycles. The molecule has 88 valence electrons. The Kier molecular flexibility index (Phi) is 3.86. The molecule has 2 nitrogen and oxygen atoms in total. The lowest BCUT2D eigenvalue weighted by atomic mass is 10.3. The Bertz CT molecular complexity index is 563. The maximum atomic E-state index is 13.5. The lowest BCUT2D eigenvalue weighted by molar-refractivity contribution is 0.625. The molecule has 0 aliphatic rings. The summed E-state index contributed by atoms with van der Waals surface area (Å²) in [6.07, 6.45) is 1.49. The number of hydrogen-bond donors (Lipinski definition) is 1. The van der Waals surface area contributed by atoms with E-state index in [1.165, 1.54) is 12.3 Å². The largest absolute Gasteiger partial charge is 0.337 e. The number of anilines is 2. The average molecular weight is 336 g/mol. The second kappa shape index (κ2) is 5.21. The summed E-state index contributed by atoms with van der Waals surface area (Å²) < 4.78 is 14.1. The van der Waals surface area contributed by atoms with E-state index in [4.69, 9.17) is 23.2 Å². The molecule has 0 fully saturated rings. The average Bonchev–Trinajstić information content (AvgIpc) is 2.27. The number of halogens is 4. The second-order valence-corrected chi connectivity index (χ2v) is 4.99. The minimum absolute atomic E-state index is 0.0948. The van der Waals surface area contributed by atoms with Crippen LogP contribution >= 0.6 is 39.1 Å². The van der Waals surface area contributed by atoms with Crippen LogP contribution in [0.2, 0.25) is 10.0 Å². The zero-order valence-corrected chi connectivity index (χ0v) is 11.4. The number of benzene rings is 1. The molecule has 1 heterocycles. The van der Waals surface area contributed by atoms with E-state index in [0.717, 1.165) is 0 Å². The summed E-state index contributed by atoms with van der Waals surface area (Å²) in [7, 11) is 0. The highest BCUT2D eigenvalue weighted by Crippen LogP contribution is 2.29. The molecule has 1 N–H and O–H groups in total. The predicted molar refractivity (Wildman–Crippen MR) is 71.6 cm³/mol. The normalized spacial score (nSPS) is 10.4. The van der Waals surface area contributed by atoms with Gasteiger partial charge in [0.2, 0.25) is 0 Å². The van der Waals surface area contributed by atoms with Crippen molar-refractivity contribution in [3.05, 3.63) is 50.8 Å². The van der Waals surface area contributed by atoms with E-state index >= 15 is 0 Å². The highest BCUT2D eigenvalue weighted by molar-refractivity contribution is 9.10. The molecule has 0 unspecified atom stereocenters. The highest BCUT2D eigenvalue weighted by atomic mass is 79.9. The first kappa shape index (κ1) is 12.6. The fraction of sp³-hybridized carbons (Fsp3) is 0. The Morgan fingerprint density at radius 3 is 2.71 bits per heavy atom. The smallest absolute Gasteiger partial charge is 0.166 e. The standard InChI is InChI=1S/C11H6BrCl2FN2/c12-6-3-9(15)11(16-5-6)17-10-4-7(13)1-2-8(10)14/h1-5H,(H,16,17). The molecule has 2 rings (SSSR count). The topological polar surface area (TPSA) is 24.9 Å². The van der Waals surface area contributed by atoms with Crippen LogP contribution in [-0.4, -0.2) is 4.98 Å². The van der Waals surface area contributed by atoms with Crippen molar-refractivity contribution in [3.8, 4) is 0 Å². The quantitative estimate of drug-likeness (QED) is 0.832. The molecule has 1 aromatic heterocycles. The van der Waals surface area contributed by atoms with Gasteiger partial charge in [-0.05, 0) is 40.2 Å². The summed E-state index contributed by atoms with van der Waals surface area (Å²) in [6, 6.07) is 6.20. The first-order valence-corrected chi connectivity index (χ1v) is 6.14. The molecule has 2 aromatic rings. The Morgan fingerprint density at radius 2 is 2.00 bits per heavy atom. The summed E-state index contributed by atoms with van der Waals surface area (Å²) in [5, 5.41) is 3.74. The van der Waals surface area contributed by atoms with Crippen LogP contribution in [0.5, 0.6) is 0 Å². The molecule has 0 aliphatic heterocycles. The van der Waals surface area contributed by atoms with Gasteiger partial charge in [0.15, 0.2) is 11.6 Å². The molecule has 6 heteroatoms. The van der Waals surface area contributed by atoms with Crippen molar-refractivity contribution in [1.29, 1.82) is 0 Å². The van der Waals surface area contributed by atoms with Crippen LogP contribution in [0, 0.1) is 5.82 Å². The monoisotopic (exact) mass is 334 g/mol. The summed E-state index contributed by atoms with van der Waals surface area (Å²) in [5.41, 5.74) is 0.507. The fourth-order valence-corrected chi connectivity index (χ4v) is 1.87. The number of pyridine rings is 1. The second-order valence-electron chi connectivity index (χ2n) is 3.23. The van der Waals surface area contributed by atoms with Crippen LogP contribution in [0.4, 0.5) is 15.9 Å². The molecule has 1 aromatic carbocycles. The van der Waals surface area contributed by atoms with Crippen molar-refractivity contribution in [2.24, 2.45) is 0 Å². The number of nitrogens with one attached hydrogen (secondary N) is 1. The molecule has 0 saturated carbocycles. The summed E-state index contributed by atoms with van der Waals surface area (Å²) >= 11 is 14.9. The van der Waals surface area contributed by atoms with Gasteiger partial charge >= 0.3 is 0 Å². The first-order chi connectivity index (χ1) is 8.06. The number of rotatable bonds is 2. The van der Waals surface area contributed by atoms with Crippen LogP contribution in [-0.2, 0) is 0 Å². The predicted octanol–water partition coefficient (Wildman–Crippen LogP) is 5.03. The molecule has 0 spiro atoms. The van der Waals surface area contributed by atoms with Crippen LogP contribution in [0.15, 0.2) is 34.9 Å². The molecule has 0 radical (unpaired) electrons. The van der Waals surface area contributed by atoms with Gasteiger partial charge in [-0.2, -0.15) is 0 Å². The van der Waals surface area contributed by atoms with Crippen LogP contribution in [0.1, 0.15) is 0 Å². The summed E-state index contributed by atoms with van der Waals surface area (Å²) in [5.74, 6) is -0.382. The summed E-state index contributed by atoms with van der Waals surface area (Å²) in [6.45, 7) is 0. The van der Waals surface area contributed by atoms with E-state index in [9.17, 15) is 4.39 Å². The Morgan fingerprint density at radius 1 is 1.24 bits per heavy atom. The van der Waals surface area contributed by atoms with Crippen molar-refractivity contribution in [2.45, 2.75) is 0 Å². The van der Waals surface area contributed by atoms with Crippen LogP contribution in [0.25, 0.3) is 0 Å². The van der Waals surface area contributed by atoms with E-state index in [1.807, 2.05) is 0 Å². The SMILES string of the molecule is Fc1cc(Br)cnc1Nc1cc(Cl)ccc1Cl. The van der Waals surface area contributed by atoms with Crippen molar-refractivity contribution < 1.29 is 4.39 Å². The third kappa shape index (κ3) is 3.09. The van der Waals surface area contributed by atoms with E-state index in [0.29, 0.717) is 20.2 Å². The van der Waals surface area contributed by atoms with Crippen LogP contribution in [0.3, 0.4) is 0 Å². The van der Waals surface area contributed by atoms with Crippen molar-refractivity contribution in [1.82, 2.24) is 4.98 Å². The molecular weight excluding hydrogens is 330 g/mol. The molecule has 17 heavy (non-hydrogen) atoms. The van der Waals surface area contributed by atoms with E-state index in [2.05, 4.69) is 26.2 Å². The zero-order valence-electron chi connectivity index (χ0n) is 8.35. The molecule has 0 aliphatic carbocycles. The van der Waals surface area contributed by atoms with E-state index in [-0.39, 0.29) is 5.82 Å². The lowest BCUT2D eigenvalue weighted by Gasteiger charge is -2.08. The van der Waals surface area contributed by atoms with Crippen LogP contribution < -0.4 is 5.32 Å². The highest BCUT2D eigenvalue weighted by Gasteiger charge is 2.07. The molecule has 0 amide bonds. The van der Waals surface area contributed by atoms with Gasteiger partial charge in [-0.25, -0.2) is 9.37 Å². The number of hydrogen-bond acceptors (Lipinski definition) is 2. The van der Waals surface area contributed by atoms with Gasteiger partial charge in [0.1, 0.15) is 0 Å². The van der Waals surface area contributed by atoms with Crippen molar-refractivity contribution in [2.75, 3.05) is 5.32 Å². The minimum Gasteiger partial charge on any atom is -0.337 e. The van der Waals surface area contributed by atoms with Gasteiger partial charge < -0.3 is 5.32 Å². The zero-order chi connectivity index (χ0) is 12.4. The number of aromatic nitrogens is 1. The molecule has 0 bridgehead atoms. The van der Waals surface area contributed by atoms with Gasteiger partial charge in [0.05, 0.1) is 10.7 Å². The Balaban J connectivity index is 2.34. The molecular formula is C11H6BrCl2FN2. The van der Waals surface area contributed by atoms with Crippen molar-refractivity contribution in [3.63, 3.8) is 0 Å². The maximum Gasteiger partial charge on any atom is 0.166 e. The van der Waals surface area contributed by atoms with Gasteiger partial charge in [-0.15, -0.1) is 0 Å². The minimum atomic E-state index is -0.476. The third-order valence-electron chi connectivity index (χ3n) is 1.99. The Labute approximate surface area is 116 Å². The third-order valence-corrected chi connectivity index (χ3v) is 2.99. The fourth-order valence-electron chi connectivity index (χ4n) is 1.23. The first-order valence-electron chi connectivity index (χ1n) is 4.59. The summed E-state index contributed by atoms with van der Waals surface area (Å²) in [4.78, 5) is 3.91. The van der Waals surface area contributed by atoms with E-state index in [1.54, 1.807) is 18.2 Å². The lowest BCUT2D eigenvalue weighted by Crippen LogP contribution is -1.97. The maximum absolute atomic E-state index is 13.5.